The largest absolute Gasteiger partial charge is 0.491 e. The molecule has 0 aliphatic carbocycles. The number of hydrogen-bond acceptors (Lipinski definition) is 3. The van der Waals surface area contributed by atoms with Gasteiger partial charge < -0.3 is 14.8 Å². The van der Waals surface area contributed by atoms with Crippen LogP contribution in [0.3, 0.4) is 0 Å². The maximum absolute atomic E-state index is 5.93. The highest BCUT2D eigenvalue weighted by molar-refractivity contribution is 5.52. The summed E-state index contributed by atoms with van der Waals surface area (Å²) in [6, 6.07) is 18.3. The Morgan fingerprint density at radius 2 is 1.76 bits per heavy atom. The average Bonchev–Trinajstić information content (AvgIpc) is 2.75. The number of para-hydroxylation sites is 2. The lowest BCUT2D eigenvalue weighted by Crippen LogP contribution is -2.24. The normalized spacial score (nSPS) is 17.4. The average molecular weight is 283 g/mol. The SMILES string of the molecule is c1ccc(OCCOC2CCc3ccccc3NC2)cc1. The molecule has 1 aliphatic heterocycles. The second-order valence-corrected chi connectivity index (χ2v) is 5.23. The molecule has 2 aromatic carbocycles. The van der Waals surface area contributed by atoms with Gasteiger partial charge in [0.15, 0.2) is 0 Å². The summed E-state index contributed by atoms with van der Waals surface area (Å²) in [5.41, 5.74) is 2.62. The van der Waals surface area contributed by atoms with Crippen LogP contribution < -0.4 is 10.1 Å². The number of anilines is 1. The second-order valence-electron chi connectivity index (χ2n) is 5.23. The molecule has 2 aromatic rings. The van der Waals surface area contributed by atoms with E-state index in [2.05, 4.69) is 29.6 Å². The molecule has 0 aromatic heterocycles. The Morgan fingerprint density at radius 3 is 2.67 bits per heavy atom. The van der Waals surface area contributed by atoms with Gasteiger partial charge in [0.25, 0.3) is 0 Å². The zero-order chi connectivity index (χ0) is 14.3. The first-order valence-electron chi connectivity index (χ1n) is 7.53. The number of aryl methyl sites for hydroxylation is 1. The molecule has 0 spiro atoms. The van der Waals surface area contributed by atoms with Gasteiger partial charge in [-0.1, -0.05) is 36.4 Å². The van der Waals surface area contributed by atoms with Gasteiger partial charge in [-0.15, -0.1) is 0 Å². The predicted molar refractivity (Wildman–Crippen MR) is 84.9 cm³/mol. The summed E-state index contributed by atoms with van der Waals surface area (Å²) in [6.07, 6.45) is 2.36. The van der Waals surface area contributed by atoms with E-state index >= 15 is 0 Å². The smallest absolute Gasteiger partial charge is 0.119 e. The molecule has 0 bridgehead atoms. The molecule has 0 saturated carbocycles. The molecule has 1 atom stereocenters. The highest BCUT2D eigenvalue weighted by Gasteiger charge is 2.15. The van der Waals surface area contributed by atoms with Gasteiger partial charge in [-0.25, -0.2) is 0 Å². The molecule has 21 heavy (non-hydrogen) atoms. The Hall–Kier alpha value is -2.00. The summed E-state index contributed by atoms with van der Waals surface area (Å²) in [5.74, 6) is 0.896. The molecule has 1 aliphatic rings. The summed E-state index contributed by atoms with van der Waals surface area (Å²) in [6.45, 7) is 2.08. The molecule has 1 heterocycles. The van der Waals surface area contributed by atoms with Crippen molar-refractivity contribution in [2.75, 3.05) is 25.1 Å². The van der Waals surface area contributed by atoms with Gasteiger partial charge in [-0.2, -0.15) is 0 Å². The standard InChI is InChI=1S/C18H21NO2/c1-2-7-16(8-3-1)20-12-13-21-17-11-10-15-6-4-5-9-18(15)19-14-17/h1-9,17,19H,10-14H2. The lowest BCUT2D eigenvalue weighted by atomic mass is 10.1. The van der Waals surface area contributed by atoms with Crippen molar-refractivity contribution in [3.63, 3.8) is 0 Å². The number of hydrogen-bond donors (Lipinski definition) is 1. The summed E-state index contributed by atoms with van der Waals surface area (Å²) < 4.78 is 11.6. The van der Waals surface area contributed by atoms with Crippen LogP contribution in [0.4, 0.5) is 5.69 Å². The molecule has 0 amide bonds. The number of ether oxygens (including phenoxy) is 2. The lowest BCUT2D eigenvalue weighted by Gasteiger charge is -2.16. The van der Waals surface area contributed by atoms with Crippen molar-refractivity contribution < 1.29 is 9.47 Å². The van der Waals surface area contributed by atoms with Crippen LogP contribution in [-0.2, 0) is 11.2 Å². The third kappa shape index (κ3) is 3.99. The molecule has 110 valence electrons. The molecule has 3 heteroatoms. The van der Waals surface area contributed by atoms with Crippen molar-refractivity contribution in [2.24, 2.45) is 0 Å². The van der Waals surface area contributed by atoms with E-state index < -0.39 is 0 Å². The summed E-state index contributed by atoms with van der Waals surface area (Å²) in [4.78, 5) is 0. The van der Waals surface area contributed by atoms with Crippen molar-refractivity contribution in [2.45, 2.75) is 18.9 Å². The fourth-order valence-corrected chi connectivity index (χ4v) is 2.59. The maximum Gasteiger partial charge on any atom is 0.119 e. The van der Waals surface area contributed by atoms with Gasteiger partial charge in [0.05, 0.1) is 12.7 Å². The van der Waals surface area contributed by atoms with E-state index in [0.717, 1.165) is 25.1 Å². The van der Waals surface area contributed by atoms with Gasteiger partial charge >= 0.3 is 0 Å². The van der Waals surface area contributed by atoms with Crippen LogP contribution in [0.2, 0.25) is 0 Å². The topological polar surface area (TPSA) is 30.5 Å². The Labute approximate surface area is 125 Å². The first kappa shape index (κ1) is 14.0. The lowest BCUT2D eigenvalue weighted by molar-refractivity contribution is 0.0375. The predicted octanol–water partition coefficient (Wildman–Crippen LogP) is 3.51. The molecular formula is C18H21NO2. The third-order valence-electron chi connectivity index (χ3n) is 3.72. The van der Waals surface area contributed by atoms with Crippen LogP contribution in [0.15, 0.2) is 54.6 Å². The number of fused-ring (bicyclic) bond motifs is 1. The van der Waals surface area contributed by atoms with Crippen LogP contribution in [0, 0.1) is 0 Å². The minimum Gasteiger partial charge on any atom is -0.491 e. The van der Waals surface area contributed by atoms with E-state index in [1.165, 1.54) is 11.3 Å². The van der Waals surface area contributed by atoms with Crippen LogP contribution in [0.25, 0.3) is 0 Å². The molecule has 0 saturated heterocycles. The highest BCUT2D eigenvalue weighted by atomic mass is 16.5. The van der Waals surface area contributed by atoms with E-state index in [-0.39, 0.29) is 6.10 Å². The zero-order valence-corrected chi connectivity index (χ0v) is 12.1. The van der Waals surface area contributed by atoms with Crippen LogP contribution in [0.1, 0.15) is 12.0 Å². The number of benzene rings is 2. The molecule has 1 N–H and O–H groups in total. The Bertz CT molecular complexity index is 529. The monoisotopic (exact) mass is 283 g/mol. The summed E-state index contributed by atoms with van der Waals surface area (Å²) >= 11 is 0. The van der Waals surface area contributed by atoms with Gasteiger partial charge in [0.1, 0.15) is 12.4 Å². The molecule has 3 rings (SSSR count). The van der Waals surface area contributed by atoms with Crippen molar-refractivity contribution in [3.05, 3.63) is 60.2 Å². The minimum atomic E-state index is 0.247. The quantitative estimate of drug-likeness (QED) is 0.852. The number of rotatable bonds is 5. The first-order chi connectivity index (χ1) is 10.4. The molecule has 0 fully saturated rings. The maximum atomic E-state index is 5.93. The van der Waals surface area contributed by atoms with Crippen molar-refractivity contribution in [3.8, 4) is 5.75 Å². The van der Waals surface area contributed by atoms with Gasteiger partial charge in [0.2, 0.25) is 0 Å². The van der Waals surface area contributed by atoms with Crippen LogP contribution in [-0.4, -0.2) is 25.9 Å². The molecular weight excluding hydrogens is 262 g/mol. The highest BCUT2D eigenvalue weighted by Crippen LogP contribution is 2.21. The Kier molecular flexibility index (Phi) is 4.74. The van der Waals surface area contributed by atoms with E-state index in [1.54, 1.807) is 0 Å². The van der Waals surface area contributed by atoms with E-state index in [0.29, 0.717) is 13.2 Å². The fraction of sp³-hybridized carbons (Fsp3) is 0.333. The molecule has 1 unspecified atom stereocenters. The Morgan fingerprint density at radius 1 is 0.952 bits per heavy atom. The van der Waals surface area contributed by atoms with E-state index in [1.807, 2.05) is 30.3 Å². The zero-order valence-electron chi connectivity index (χ0n) is 12.1. The van der Waals surface area contributed by atoms with Crippen LogP contribution >= 0.6 is 0 Å². The molecule has 3 nitrogen and oxygen atoms in total. The summed E-state index contributed by atoms with van der Waals surface area (Å²) in [5, 5.41) is 3.47. The molecule has 0 radical (unpaired) electrons. The minimum absolute atomic E-state index is 0.247. The van der Waals surface area contributed by atoms with Crippen molar-refractivity contribution in [1.82, 2.24) is 0 Å². The second kappa shape index (κ2) is 7.14. The van der Waals surface area contributed by atoms with E-state index in [4.69, 9.17) is 9.47 Å². The third-order valence-corrected chi connectivity index (χ3v) is 3.72. The van der Waals surface area contributed by atoms with Crippen LogP contribution in [0.5, 0.6) is 5.75 Å². The fourth-order valence-electron chi connectivity index (χ4n) is 2.59. The van der Waals surface area contributed by atoms with Gasteiger partial charge in [0, 0.05) is 12.2 Å². The van der Waals surface area contributed by atoms with Gasteiger partial charge in [-0.05, 0) is 36.6 Å². The summed E-state index contributed by atoms with van der Waals surface area (Å²) in [7, 11) is 0. The van der Waals surface area contributed by atoms with E-state index in [9.17, 15) is 0 Å². The number of nitrogens with one attached hydrogen (secondary N) is 1. The van der Waals surface area contributed by atoms with Crippen molar-refractivity contribution >= 4 is 5.69 Å². The first-order valence-corrected chi connectivity index (χ1v) is 7.53. The Balaban J connectivity index is 1.41. The van der Waals surface area contributed by atoms with Crippen molar-refractivity contribution in [1.29, 1.82) is 0 Å². The van der Waals surface area contributed by atoms with Gasteiger partial charge in [-0.3, -0.25) is 0 Å².